The van der Waals surface area contributed by atoms with Crippen LogP contribution in [0.3, 0.4) is 0 Å². The fourth-order valence-electron chi connectivity index (χ4n) is 3.19. The number of rotatable bonds is 8. The number of aliphatic hydroxyl groups excluding tert-OH is 1. The molecule has 2 atom stereocenters. The Morgan fingerprint density at radius 1 is 0.926 bits per heavy atom. The number of hydrogen-bond acceptors (Lipinski definition) is 3. The van der Waals surface area contributed by atoms with Gasteiger partial charge in [0.05, 0.1) is 17.9 Å². The average molecular weight is 384 g/mol. The molecule has 0 unspecified atom stereocenters. The van der Waals surface area contributed by atoms with Crippen molar-refractivity contribution >= 4 is 10.0 Å². The van der Waals surface area contributed by atoms with Gasteiger partial charge in [0.15, 0.2) is 0 Å². The van der Waals surface area contributed by atoms with Gasteiger partial charge in [-0.3, -0.25) is 0 Å². The zero-order valence-electron chi connectivity index (χ0n) is 15.2. The second-order valence-electron chi connectivity index (χ2n) is 6.70. The molecule has 0 saturated heterocycles. The third kappa shape index (κ3) is 5.63. The summed E-state index contributed by atoms with van der Waals surface area (Å²) in [7, 11) is -3.56. The standard InChI is InChI=1S/C22H25NO3S/c24-22(20-14-8-3-9-15-20)21(19-12-6-2-7-13-19)23-27(25,26)17-16-18-10-4-1-5-11-18/h1-4,6-9,11-15,21-24H,5,10,16-17H2/t21-,22+/m0/s1. The van der Waals surface area contributed by atoms with Crippen LogP contribution in [0.25, 0.3) is 0 Å². The molecule has 2 aromatic rings. The predicted octanol–water partition coefficient (Wildman–Crippen LogP) is 4.05. The number of aliphatic hydroxyl groups is 1. The van der Waals surface area contributed by atoms with E-state index < -0.39 is 22.2 Å². The van der Waals surface area contributed by atoms with Gasteiger partial charge in [-0.05, 0) is 30.4 Å². The summed E-state index contributed by atoms with van der Waals surface area (Å²) >= 11 is 0. The highest BCUT2D eigenvalue weighted by atomic mass is 32.2. The molecule has 1 aliphatic rings. The first-order valence-electron chi connectivity index (χ1n) is 9.16. The topological polar surface area (TPSA) is 66.4 Å². The Kier molecular flexibility index (Phi) is 6.61. The third-order valence-corrected chi connectivity index (χ3v) is 6.06. The molecule has 2 aromatic carbocycles. The Bertz CT molecular complexity index is 890. The van der Waals surface area contributed by atoms with Gasteiger partial charge >= 0.3 is 0 Å². The van der Waals surface area contributed by atoms with Crippen molar-refractivity contribution in [2.45, 2.75) is 31.4 Å². The average Bonchev–Trinajstić information content (AvgIpc) is 2.72. The van der Waals surface area contributed by atoms with Crippen LogP contribution in [0.4, 0.5) is 0 Å². The smallest absolute Gasteiger partial charge is 0.212 e. The Balaban J connectivity index is 1.77. The van der Waals surface area contributed by atoms with Crippen molar-refractivity contribution in [3.63, 3.8) is 0 Å². The van der Waals surface area contributed by atoms with Crippen LogP contribution >= 0.6 is 0 Å². The molecular formula is C22H25NO3S. The van der Waals surface area contributed by atoms with Gasteiger partial charge in [0.1, 0.15) is 0 Å². The monoisotopic (exact) mass is 383 g/mol. The molecule has 0 radical (unpaired) electrons. The molecule has 5 heteroatoms. The molecule has 0 spiro atoms. The van der Waals surface area contributed by atoms with Crippen molar-refractivity contribution in [1.29, 1.82) is 0 Å². The predicted molar refractivity (Wildman–Crippen MR) is 109 cm³/mol. The Morgan fingerprint density at radius 2 is 1.56 bits per heavy atom. The molecule has 27 heavy (non-hydrogen) atoms. The first-order chi connectivity index (χ1) is 13.1. The summed E-state index contributed by atoms with van der Waals surface area (Å²) in [5, 5.41) is 10.9. The lowest BCUT2D eigenvalue weighted by atomic mass is 9.97. The van der Waals surface area contributed by atoms with E-state index in [1.165, 1.54) is 0 Å². The summed E-state index contributed by atoms with van der Waals surface area (Å²) in [5.41, 5.74) is 2.55. The molecule has 0 amide bonds. The molecule has 1 aliphatic carbocycles. The summed E-state index contributed by atoms with van der Waals surface area (Å²) in [6.07, 6.45) is 7.44. The van der Waals surface area contributed by atoms with Gasteiger partial charge < -0.3 is 5.11 Å². The lowest BCUT2D eigenvalue weighted by molar-refractivity contribution is 0.139. The van der Waals surface area contributed by atoms with Gasteiger partial charge in [-0.25, -0.2) is 13.1 Å². The highest BCUT2D eigenvalue weighted by Crippen LogP contribution is 2.29. The SMILES string of the molecule is O=S(=O)(CCC1=CCC=CC1)N[C@@H](c1ccccc1)[C@H](O)c1ccccc1. The first kappa shape index (κ1) is 19.5. The van der Waals surface area contributed by atoms with Crippen molar-refractivity contribution in [3.05, 3.63) is 95.6 Å². The molecule has 0 saturated carbocycles. The van der Waals surface area contributed by atoms with Crippen LogP contribution in [0.5, 0.6) is 0 Å². The number of nitrogens with one attached hydrogen (secondary N) is 1. The fraction of sp³-hybridized carbons (Fsp3) is 0.273. The number of benzene rings is 2. The third-order valence-electron chi connectivity index (χ3n) is 4.70. The van der Waals surface area contributed by atoms with Gasteiger partial charge in [0.25, 0.3) is 0 Å². The Morgan fingerprint density at radius 3 is 2.15 bits per heavy atom. The molecule has 0 aliphatic heterocycles. The highest BCUT2D eigenvalue weighted by Gasteiger charge is 2.27. The summed E-state index contributed by atoms with van der Waals surface area (Å²) in [4.78, 5) is 0. The molecule has 0 bridgehead atoms. The van der Waals surface area contributed by atoms with Crippen LogP contribution in [0.15, 0.2) is 84.5 Å². The quantitative estimate of drug-likeness (QED) is 0.676. The van der Waals surface area contributed by atoms with Crippen LogP contribution in [0.2, 0.25) is 0 Å². The van der Waals surface area contributed by atoms with Gasteiger partial charge in [0, 0.05) is 0 Å². The number of hydrogen-bond donors (Lipinski definition) is 2. The molecule has 4 nitrogen and oxygen atoms in total. The molecular weight excluding hydrogens is 358 g/mol. The van der Waals surface area contributed by atoms with E-state index in [0.717, 1.165) is 24.0 Å². The normalized spacial score (nSPS) is 16.6. The molecule has 0 fully saturated rings. The van der Waals surface area contributed by atoms with Crippen LogP contribution in [-0.2, 0) is 10.0 Å². The van der Waals surface area contributed by atoms with Crippen LogP contribution in [0, 0.1) is 0 Å². The maximum Gasteiger partial charge on any atom is 0.212 e. The zero-order chi connectivity index (χ0) is 19.1. The lowest BCUT2D eigenvalue weighted by Gasteiger charge is -2.25. The van der Waals surface area contributed by atoms with Crippen LogP contribution in [0.1, 0.15) is 42.5 Å². The highest BCUT2D eigenvalue weighted by molar-refractivity contribution is 7.89. The second-order valence-corrected chi connectivity index (χ2v) is 8.58. The van der Waals surface area contributed by atoms with Crippen molar-refractivity contribution in [2.75, 3.05) is 5.75 Å². The molecule has 0 heterocycles. The van der Waals surface area contributed by atoms with E-state index in [4.69, 9.17) is 0 Å². The van der Waals surface area contributed by atoms with E-state index in [0.29, 0.717) is 12.0 Å². The summed E-state index contributed by atoms with van der Waals surface area (Å²) in [5.74, 6) is 0.0114. The maximum atomic E-state index is 12.7. The van der Waals surface area contributed by atoms with E-state index in [1.54, 1.807) is 12.1 Å². The van der Waals surface area contributed by atoms with E-state index in [9.17, 15) is 13.5 Å². The van der Waals surface area contributed by atoms with E-state index in [1.807, 2.05) is 48.5 Å². The Hall–Kier alpha value is -2.21. The van der Waals surface area contributed by atoms with Crippen molar-refractivity contribution in [3.8, 4) is 0 Å². The first-order valence-corrected chi connectivity index (χ1v) is 10.8. The van der Waals surface area contributed by atoms with E-state index in [2.05, 4.69) is 23.0 Å². The van der Waals surface area contributed by atoms with Crippen molar-refractivity contribution in [1.82, 2.24) is 4.72 Å². The van der Waals surface area contributed by atoms with Gasteiger partial charge in [-0.2, -0.15) is 0 Å². The van der Waals surface area contributed by atoms with Crippen LogP contribution < -0.4 is 4.72 Å². The summed E-state index contributed by atoms with van der Waals surface area (Å²) in [6, 6.07) is 17.6. The summed E-state index contributed by atoms with van der Waals surface area (Å²) < 4.78 is 28.2. The van der Waals surface area contributed by atoms with E-state index >= 15 is 0 Å². The summed E-state index contributed by atoms with van der Waals surface area (Å²) in [6.45, 7) is 0. The minimum atomic E-state index is -3.56. The molecule has 2 N–H and O–H groups in total. The number of sulfonamides is 1. The van der Waals surface area contributed by atoms with Gasteiger partial charge in [-0.1, -0.05) is 84.5 Å². The number of allylic oxidation sites excluding steroid dienone is 4. The molecule has 142 valence electrons. The molecule has 0 aromatic heterocycles. The minimum absolute atomic E-state index is 0.0114. The largest absolute Gasteiger partial charge is 0.386 e. The van der Waals surface area contributed by atoms with Gasteiger partial charge in [0.2, 0.25) is 10.0 Å². The van der Waals surface area contributed by atoms with Crippen molar-refractivity contribution < 1.29 is 13.5 Å². The Labute approximate surface area is 161 Å². The zero-order valence-corrected chi connectivity index (χ0v) is 16.0. The molecule has 3 rings (SSSR count). The second kappa shape index (κ2) is 9.13. The van der Waals surface area contributed by atoms with Crippen molar-refractivity contribution in [2.24, 2.45) is 0 Å². The van der Waals surface area contributed by atoms with Gasteiger partial charge in [-0.15, -0.1) is 0 Å². The minimum Gasteiger partial charge on any atom is -0.386 e. The fourth-order valence-corrected chi connectivity index (χ4v) is 4.49. The van der Waals surface area contributed by atoms with E-state index in [-0.39, 0.29) is 5.75 Å². The van der Waals surface area contributed by atoms with Crippen LogP contribution in [-0.4, -0.2) is 19.3 Å². The maximum absolute atomic E-state index is 12.7. The lowest BCUT2D eigenvalue weighted by Crippen LogP contribution is -2.34.